The fourth-order valence-corrected chi connectivity index (χ4v) is 4.86. The summed E-state index contributed by atoms with van der Waals surface area (Å²) in [5.74, 6) is 0.0868. The van der Waals surface area contributed by atoms with Gasteiger partial charge in [0, 0.05) is 24.3 Å². The third kappa shape index (κ3) is 5.54. The van der Waals surface area contributed by atoms with Gasteiger partial charge in [-0.05, 0) is 44.0 Å². The minimum Gasteiger partial charge on any atom is -0.348 e. The van der Waals surface area contributed by atoms with E-state index in [1.165, 1.54) is 25.0 Å². The molecule has 2 aromatic heterocycles. The van der Waals surface area contributed by atoms with Gasteiger partial charge >= 0.3 is 0 Å². The summed E-state index contributed by atoms with van der Waals surface area (Å²) in [5.41, 5.74) is 1.95. The Morgan fingerprint density at radius 1 is 1.10 bits per heavy atom. The number of fused-ring (bicyclic) bond motifs is 1. The quantitative estimate of drug-likeness (QED) is 0.277. The minimum atomic E-state index is -0.134. The van der Waals surface area contributed by atoms with Crippen LogP contribution in [-0.2, 0) is 4.79 Å². The molecule has 2 heterocycles. The third-order valence-corrected chi connectivity index (χ3v) is 6.55. The Labute approximate surface area is 184 Å². The van der Waals surface area contributed by atoms with E-state index in [9.17, 15) is 9.59 Å². The normalized spacial score (nSPS) is 10.9. The third-order valence-electron chi connectivity index (χ3n) is 4.32. The number of thioether (sulfide) groups is 1. The van der Waals surface area contributed by atoms with Crippen LogP contribution in [0.4, 0.5) is 10.8 Å². The van der Waals surface area contributed by atoms with Gasteiger partial charge in [0.1, 0.15) is 16.1 Å². The first-order chi connectivity index (χ1) is 14.5. The van der Waals surface area contributed by atoms with Crippen LogP contribution in [0, 0.1) is 0 Å². The molecular weight excluding hydrogens is 418 g/mol. The van der Waals surface area contributed by atoms with Crippen LogP contribution in [0.5, 0.6) is 0 Å². The highest BCUT2D eigenvalue weighted by atomic mass is 32.2. The molecule has 1 amide bonds. The Balaban J connectivity index is 1.67. The van der Waals surface area contributed by atoms with Crippen LogP contribution in [0.15, 0.2) is 35.6 Å². The van der Waals surface area contributed by atoms with Gasteiger partial charge in [0.05, 0.1) is 5.75 Å². The van der Waals surface area contributed by atoms with E-state index in [-0.39, 0.29) is 17.4 Å². The smallest absolute Gasteiger partial charge is 0.234 e. The van der Waals surface area contributed by atoms with E-state index in [1.807, 2.05) is 0 Å². The van der Waals surface area contributed by atoms with Gasteiger partial charge in [-0.2, -0.15) is 4.98 Å². The lowest BCUT2D eigenvalue weighted by molar-refractivity contribution is -0.113. The monoisotopic (exact) mass is 443 g/mol. The number of hydrogen-bond acceptors (Lipinski definition) is 8. The molecule has 3 rings (SSSR count). The van der Waals surface area contributed by atoms with Crippen molar-refractivity contribution in [1.29, 1.82) is 0 Å². The summed E-state index contributed by atoms with van der Waals surface area (Å²) < 4.78 is 0.910. The maximum atomic E-state index is 12.4. The topological polar surface area (TPSA) is 88.1 Å². The molecular formula is C21H25N5O2S2. The van der Waals surface area contributed by atoms with E-state index in [4.69, 9.17) is 0 Å². The lowest BCUT2D eigenvalue weighted by atomic mass is 10.1. The van der Waals surface area contributed by atoms with Crippen molar-refractivity contribution >= 4 is 56.0 Å². The van der Waals surface area contributed by atoms with E-state index >= 15 is 0 Å². The maximum absolute atomic E-state index is 12.4. The molecule has 0 fully saturated rings. The number of thiazole rings is 1. The predicted molar refractivity (Wildman–Crippen MR) is 124 cm³/mol. The average molecular weight is 444 g/mol. The van der Waals surface area contributed by atoms with Gasteiger partial charge in [0.25, 0.3) is 0 Å². The lowest BCUT2D eigenvalue weighted by Gasteiger charge is -2.19. The van der Waals surface area contributed by atoms with Crippen molar-refractivity contribution in [2.45, 2.75) is 38.6 Å². The molecule has 7 nitrogen and oxygen atoms in total. The molecule has 0 saturated carbocycles. The lowest BCUT2D eigenvalue weighted by Crippen LogP contribution is -2.24. The number of nitrogens with one attached hydrogen (secondary N) is 1. The molecule has 30 heavy (non-hydrogen) atoms. The van der Waals surface area contributed by atoms with Crippen molar-refractivity contribution in [3.8, 4) is 0 Å². The number of rotatable bonds is 10. The van der Waals surface area contributed by atoms with Gasteiger partial charge in [0.15, 0.2) is 16.6 Å². The van der Waals surface area contributed by atoms with Crippen LogP contribution in [0.2, 0.25) is 0 Å². The first-order valence-electron chi connectivity index (χ1n) is 9.92. The number of benzene rings is 1. The highest BCUT2D eigenvalue weighted by Gasteiger charge is 2.16. The SMILES string of the molecule is CCCN(CCC)c1nc2ncnc(SCC(=O)Nc3ccc(C(C)=O)cc3)c2s1. The number of hydrogen-bond donors (Lipinski definition) is 1. The van der Waals surface area contributed by atoms with Gasteiger partial charge in [0.2, 0.25) is 5.91 Å². The molecule has 0 spiro atoms. The first kappa shape index (κ1) is 22.2. The number of anilines is 2. The van der Waals surface area contributed by atoms with Crippen molar-refractivity contribution in [3.05, 3.63) is 36.2 Å². The number of Topliss-reactive ketones (excluding diaryl/α,β-unsaturated/α-hetero) is 1. The molecule has 0 aliphatic heterocycles. The molecule has 0 unspecified atom stereocenters. The molecule has 1 N–H and O–H groups in total. The van der Waals surface area contributed by atoms with Crippen LogP contribution >= 0.6 is 23.1 Å². The molecule has 9 heteroatoms. The minimum absolute atomic E-state index is 0.00317. The number of carbonyl (C=O) groups excluding carboxylic acids is 2. The molecule has 0 aliphatic carbocycles. The Bertz CT molecular complexity index is 1010. The largest absolute Gasteiger partial charge is 0.348 e. The first-order valence-corrected chi connectivity index (χ1v) is 11.7. The number of nitrogens with zero attached hydrogens (tertiary/aromatic N) is 4. The number of ketones is 1. The number of amides is 1. The van der Waals surface area contributed by atoms with Gasteiger partial charge in [-0.3, -0.25) is 9.59 Å². The van der Waals surface area contributed by atoms with E-state index in [0.29, 0.717) is 16.9 Å². The summed E-state index contributed by atoms with van der Waals surface area (Å²) in [6.45, 7) is 7.73. The molecule has 1 aromatic carbocycles. The Hall–Kier alpha value is -2.52. The predicted octanol–water partition coefficient (Wildman–Crippen LogP) is 4.65. The molecule has 0 bridgehead atoms. The molecule has 0 atom stereocenters. The van der Waals surface area contributed by atoms with Crippen LogP contribution in [0.3, 0.4) is 0 Å². The van der Waals surface area contributed by atoms with Crippen LogP contribution in [0.1, 0.15) is 44.0 Å². The molecule has 0 aliphatic rings. The molecule has 0 radical (unpaired) electrons. The summed E-state index contributed by atoms with van der Waals surface area (Å²) in [5, 5.41) is 4.56. The number of carbonyl (C=O) groups is 2. The fourth-order valence-electron chi connectivity index (χ4n) is 2.92. The number of aromatic nitrogens is 3. The highest BCUT2D eigenvalue weighted by molar-refractivity contribution is 8.00. The van der Waals surface area contributed by atoms with E-state index in [1.54, 1.807) is 35.6 Å². The average Bonchev–Trinajstić information content (AvgIpc) is 3.17. The summed E-state index contributed by atoms with van der Waals surface area (Å²) >= 11 is 2.95. The summed E-state index contributed by atoms with van der Waals surface area (Å²) in [6.07, 6.45) is 3.60. The summed E-state index contributed by atoms with van der Waals surface area (Å²) in [6, 6.07) is 6.87. The molecule has 0 saturated heterocycles. The highest BCUT2D eigenvalue weighted by Crippen LogP contribution is 2.33. The maximum Gasteiger partial charge on any atom is 0.234 e. The van der Waals surface area contributed by atoms with Crippen molar-refractivity contribution in [1.82, 2.24) is 15.0 Å². The second kappa shape index (κ2) is 10.5. The van der Waals surface area contributed by atoms with Crippen molar-refractivity contribution in [2.24, 2.45) is 0 Å². The molecule has 158 valence electrons. The van der Waals surface area contributed by atoms with Gasteiger partial charge < -0.3 is 10.2 Å². The van der Waals surface area contributed by atoms with Gasteiger partial charge in [-0.25, -0.2) is 9.97 Å². The van der Waals surface area contributed by atoms with Crippen molar-refractivity contribution in [2.75, 3.05) is 29.1 Å². The van der Waals surface area contributed by atoms with Gasteiger partial charge in [-0.15, -0.1) is 0 Å². The second-order valence-corrected chi connectivity index (χ2v) is 8.73. The zero-order valence-corrected chi connectivity index (χ0v) is 19.0. The van der Waals surface area contributed by atoms with E-state index in [0.717, 1.165) is 40.8 Å². The summed E-state index contributed by atoms with van der Waals surface area (Å²) in [4.78, 5) is 39.3. The zero-order chi connectivity index (χ0) is 21.5. The van der Waals surface area contributed by atoms with Crippen molar-refractivity contribution < 1.29 is 9.59 Å². The van der Waals surface area contributed by atoms with Crippen LogP contribution in [0.25, 0.3) is 10.3 Å². The second-order valence-electron chi connectivity index (χ2n) is 6.79. The van der Waals surface area contributed by atoms with E-state index in [2.05, 4.69) is 39.0 Å². The fraction of sp³-hybridized carbons (Fsp3) is 0.381. The Kier molecular flexibility index (Phi) is 7.75. The van der Waals surface area contributed by atoms with Gasteiger partial charge in [-0.1, -0.05) is 36.9 Å². The summed E-state index contributed by atoms with van der Waals surface area (Å²) in [7, 11) is 0. The van der Waals surface area contributed by atoms with Crippen molar-refractivity contribution in [3.63, 3.8) is 0 Å². The zero-order valence-electron chi connectivity index (χ0n) is 17.3. The molecule has 3 aromatic rings. The van der Waals surface area contributed by atoms with Crippen LogP contribution in [-0.4, -0.2) is 45.5 Å². The Morgan fingerprint density at radius 2 is 1.80 bits per heavy atom. The van der Waals surface area contributed by atoms with Crippen LogP contribution < -0.4 is 10.2 Å². The standard InChI is InChI=1S/C21H25N5O2S2/c1-4-10-26(11-5-2)21-25-19-18(30-21)20(23-13-22-19)29-12-17(28)24-16-8-6-15(7-9-16)14(3)27/h6-9,13H,4-5,10-12H2,1-3H3,(H,24,28). The Morgan fingerprint density at radius 3 is 2.43 bits per heavy atom. The van der Waals surface area contributed by atoms with E-state index < -0.39 is 0 Å².